The highest BCUT2D eigenvalue weighted by Gasteiger charge is 2.41. The van der Waals surface area contributed by atoms with E-state index in [2.05, 4.69) is 41.4 Å². The van der Waals surface area contributed by atoms with Crippen molar-refractivity contribution in [3.05, 3.63) is 65.2 Å². The number of nitrogens with zero attached hydrogens (tertiary/aromatic N) is 1. The average Bonchev–Trinajstić information content (AvgIpc) is 3.17. The van der Waals surface area contributed by atoms with Gasteiger partial charge in [-0.3, -0.25) is 4.90 Å². The Kier molecular flexibility index (Phi) is 4.68. The van der Waals surface area contributed by atoms with E-state index in [4.69, 9.17) is 4.74 Å². The summed E-state index contributed by atoms with van der Waals surface area (Å²) in [5.41, 5.74) is 4.13. The van der Waals surface area contributed by atoms with E-state index in [1.807, 2.05) is 31.2 Å². The molecule has 0 aromatic heterocycles. The molecule has 1 saturated heterocycles. The van der Waals surface area contributed by atoms with E-state index in [1.54, 1.807) is 0 Å². The molecule has 0 saturated carbocycles. The third-order valence-electron chi connectivity index (χ3n) is 5.53. The van der Waals surface area contributed by atoms with Crippen molar-refractivity contribution in [2.45, 2.75) is 44.9 Å². The number of benzene rings is 2. The van der Waals surface area contributed by atoms with Gasteiger partial charge in [-0.15, -0.1) is 0 Å². The van der Waals surface area contributed by atoms with E-state index in [0.717, 1.165) is 24.3 Å². The fourth-order valence-corrected chi connectivity index (χ4v) is 4.14. The number of likely N-dealkylation sites (tertiary alicyclic amines) is 1. The van der Waals surface area contributed by atoms with Gasteiger partial charge in [-0.1, -0.05) is 35.9 Å². The highest BCUT2D eigenvalue weighted by atomic mass is 16.5. The number of nitrogens with one attached hydrogen (secondary N) is 1. The molecule has 3 atom stereocenters. The molecule has 2 aliphatic rings. The normalized spacial score (nSPS) is 25.4. The number of hydrogen-bond acceptors (Lipinski definition) is 4. The summed E-state index contributed by atoms with van der Waals surface area (Å²) in [5, 5.41) is 3.53. The van der Waals surface area contributed by atoms with Crippen LogP contribution in [0.5, 0.6) is 0 Å². The number of fused-ring (bicyclic) bond motifs is 1. The Balaban J connectivity index is 1.64. The fourth-order valence-electron chi connectivity index (χ4n) is 4.14. The zero-order valence-corrected chi connectivity index (χ0v) is 15.4. The Labute approximate surface area is 155 Å². The van der Waals surface area contributed by atoms with Crippen LogP contribution in [0.25, 0.3) is 0 Å². The lowest BCUT2D eigenvalue weighted by Gasteiger charge is -2.42. The van der Waals surface area contributed by atoms with Gasteiger partial charge in [0, 0.05) is 5.69 Å². The van der Waals surface area contributed by atoms with Crippen LogP contribution < -0.4 is 5.32 Å². The van der Waals surface area contributed by atoms with Gasteiger partial charge in [-0.05, 0) is 63.5 Å². The summed E-state index contributed by atoms with van der Waals surface area (Å²) in [4.78, 5) is 15.2. The summed E-state index contributed by atoms with van der Waals surface area (Å²) in [6.45, 7) is 6.24. The first-order chi connectivity index (χ1) is 12.6. The lowest BCUT2D eigenvalue weighted by Crippen LogP contribution is -2.49. The number of carbonyl (C=O) groups is 1. The number of hydrogen-bond donors (Lipinski definition) is 1. The van der Waals surface area contributed by atoms with Crippen molar-refractivity contribution in [3.8, 4) is 0 Å². The molecule has 0 radical (unpaired) electrons. The monoisotopic (exact) mass is 350 g/mol. The van der Waals surface area contributed by atoms with Crippen LogP contribution in [0.4, 0.5) is 5.69 Å². The molecule has 4 rings (SSSR count). The molecule has 1 fully saturated rings. The zero-order chi connectivity index (χ0) is 18.1. The van der Waals surface area contributed by atoms with E-state index in [1.165, 1.54) is 18.4 Å². The van der Waals surface area contributed by atoms with Crippen LogP contribution >= 0.6 is 0 Å². The van der Waals surface area contributed by atoms with Crippen LogP contribution in [0.15, 0.2) is 48.5 Å². The van der Waals surface area contributed by atoms with Crippen molar-refractivity contribution in [2.24, 2.45) is 0 Å². The number of rotatable bonds is 3. The first kappa shape index (κ1) is 17.1. The Bertz CT molecular complexity index is 781. The van der Waals surface area contributed by atoms with Gasteiger partial charge in [0.15, 0.2) is 0 Å². The lowest BCUT2D eigenvalue weighted by molar-refractivity contribution is -0.00584. The summed E-state index contributed by atoms with van der Waals surface area (Å²) >= 11 is 0. The second-order valence-electron chi connectivity index (χ2n) is 7.44. The number of carbonyl (C=O) groups excluding carboxylic acids is 1. The standard InChI is InChI=1S/C22H26N2O2/c1-15-9-11-17(12-10-15)22(25)26-21-16(2)23-19-8-4-3-7-18(19)20(21)24-13-5-6-14-24/h3-4,7-12,16,20-21,23H,5-6,13-14H2,1-2H3/t16-,20-,21-/m1/s1. The quantitative estimate of drug-likeness (QED) is 0.844. The van der Waals surface area contributed by atoms with E-state index in [0.29, 0.717) is 5.56 Å². The van der Waals surface area contributed by atoms with Gasteiger partial charge in [0.2, 0.25) is 0 Å². The number of esters is 1. The maximum Gasteiger partial charge on any atom is 0.338 e. The van der Waals surface area contributed by atoms with Gasteiger partial charge >= 0.3 is 5.97 Å². The summed E-state index contributed by atoms with van der Waals surface area (Å²) in [6.07, 6.45) is 2.20. The number of anilines is 1. The first-order valence-corrected chi connectivity index (χ1v) is 9.50. The van der Waals surface area contributed by atoms with Crippen LogP contribution in [-0.4, -0.2) is 36.1 Å². The van der Waals surface area contributed by atoms with E-state index in [-0.39, 0.29) is 24.2 Å². The van der Waals surface area contributed by atoms with Crippen molar-refractivity contribution in [1.29, 1.82) is 0 Å². The van der Waals surface area contributed by atoms with Crippen molar-refractivity contribution in [3.63, 3.8) is 0 Å². The Morgan fingerprint density at radius 2 is 1.77 bits per heavy atom. The van der Waals surface area contributed by atoms with Crippen LogP contribution in [0, 0.1) is 6.92 Å². The second-order valence-corrected chi connectivity index (χ2v) is 7.44. The van der Waals surface area contributed by atoms with Gasteiger partial charge in [-0.25, -0.2) is 4.79 Å². The van der Waals surface area contributed by atoms with Crippen LogP contribution in [0.1, 0.15) is 47.3 Å². The minimum atomic E-state index is -0.243. The predicted molar refractivity (Wildman–Crippen MR) is 103 cm³/mol. The van der Waals surface area contributed by atoms with Crippen molar-refractivity contribution in [1.82, 2.24) is 4.90 Å². The molecule has 4 heteroatoms. The molecule has 2 heterocycles. The van der Waals surface area contributed by atoms with Crippen molar-refractivity contribution < 1.29 is 9.53 Å². The molecule has 0 unspecified atom stereocenters. The van der Waals surface area contributed by atoms with E-state index < -0.39 is 0 Å². The summed E-state index contributed by atoms with van der Waals surface area (Å²) in [5.74, 6) is -0.243. The minimum Gasteiger partial charge on any atom is -0.455 e. The molecule has 2 aliphatic heterocycles. The molecule has 0 amide bonds. The van der Waals surface area contributed by atoms with Crippen LogP contribution in [0.2, 0.25) is 0 Å². The number of ether oxygens (including phenoxy) is 1. The predicted octanol–water partition coefficient (Wildman–Crippen LogP) is 4.17. The lowest BCUT2D eigenvalue weighted by atomic mass is 9.89. The molecule has 0 spiro atoms. The Morgan fingerprint density at radius 3 is 2.50 bits per heavy atom. The second kappa shape index (κ2) is 7.12. The first-order valence-electron chi connectivity index (χ1n) is 9.50. The minimum absolute atomic E-state index is 0.0601. The summed E-state index contributed by atoms with van der Waals surface area (Å²) in [7, 11) is 0. The molecular weight excluding hydrogens is 324 g/mol. The maximum absolute atomic E-state index is 12.8. The number of aryl methyl sites for hydroxylation is 1. The molecule has 26 heavy (non-hydrogen) atoms. The van der Waals surface area contributed by atoms with Gasteiger partial charge in [-0.2, -0.15) is 0 Å². The topological polar surface area (TPSA) is 41.6 Å². The van der Waals surface area contributed by atoms with Gasteiger partial charge in [0.05, 0.1) is 17.6 Å². The molecule has 136 valence electrons. The molecule has 4 nitrogen and oxygen atoms in total. The third kappa shape index (κ3) is 3.21. The Hall–Kier alpha value is -2.33. The summed E-state index contributed by atoms with van der Waals surface area (Å²) < 4.78 is 6.07. The van der Waals surface area contributed by atoms with E-state index in [9.17, 15) is 4.79 Å². The highest BCUT2D eigenvalue weighted by Crippen LogP contribution is 2.40. The van der Waals surface area contributed by atoms with Crippen LogP contribution in [-0.2, 0) is 4.74 Å². The van der Waals surface area contributed by atoms with Crippen LogP contribution in [0.3, 0.4) is 0 Å². The molecule has 0 aliphatic carbocycles. The molecule has 2 aromatic rings. The van der Waals surface area contributed by atoms with Gasteiger partial charge in [0.25, 0.3) is 0 Å². The SMILES string of the molecule is Cc1ccc(C(=O)O[C@H]2[C@H](N3CCCC3)c3ccccc3N[C@@H]2C)cc1. The largest absolute Gasteiger partial charge is 0.455 e. The molecule has 1 N–H and O–H groups in total. The Morgan fingerprint density at radius 1 is 1.08 bits per heavy atom. The molecule has 0 bridgehead atoms. The highest BCUT2D eigenvalue weighted by molar-refractivity contribution is 5.89. The zero-order valence-electron chi connectivity index (χ0n) is 15.4. The smallest absolute Gasteiger partial charge is 0.338 e. The van der Waals surface area contributed by atoms with E-state index >= 15 is 0 Å². The van der Waals surface area contributed by atoms with Crippen molar-refractivity contribution >= 4 is 11.7 Å². The van der Waals surface area contributed by atoms with Crippen molar-refractivity contribution in [2.75, 3.05) is 18.4 Å². The molecule has 2 aromatic carbocycles. The van der Waals surface area contributed by atoms with Gasteiger partial charge < -0.3 is 10.1 Å². The number of para-hydroxylation sites is 1. The third-order valence-corrected chi connectivity index (χ3v) is 5.53. The fraction of sp³-hybridized carbons (Fsp3) is 0.409. The van der Waals surface area contributed by atoms with Gasteiger partial charge in [0.1, 0.15) is 6.10 Å². The maximum atomic E-state index is 12.8. The molecular formula is C22H26N2O2. The average molecular weight is 350 g/mol. The summed E-state index contributed by atoms with van der Waals surface area (Å²) in [6, 6.07) is 16.2.